The number of allylic oxidation sites excluding steroid dienone is 4. The van der Waals surface area contributed by atoms with Crippen molar-refractivity contribution in [2.24, 2.45) is 11.7 Å². The van der Waals surface area contributed by atoms with E-state index in [0.717, 1.165) is 77.0 Å². The van der Waals surface area contributed by atoms with Crippen LogP contribution in [-0.2, 0) is 0 Å². The highest BCUT2D eigenvalue weighted by Crippen LogP contribution is 2.38. The van der Waals surface area contributed by atoms with Gasteiger partial charge in [-0.1, -0.05) is 36.4 Å². The van der Waals surface area contributed by atoms with Crippen molar-refractivity contribution < 1.29 is 0 Å². The molecule has 0 bridgehead atoms. The zero-order valence-corrected chi connectivity index (χ0v) is 19.9. The molecule has 0 amide bonds. The molecule has 0 spiro atoms. The molecule has 0 aliphatic heterocycles. The first-order chi connectivity index (χ1) is 16.6. The van der Waals surface area contributed by atoms with Crippen molar-refractivity contribution in [1.82, 2.24) is 19.4 Å². The summed E-state index contributed by atoms with van der Waals surface area (Å²) in [6.07, 6.45) is 14.4. The first kappa shape index (κ1) is 22.3. The van der Waals surface area contributed by atoms with E-state index in [-0.39, 0.29) is 0 Å². The van der Waals surface area contributed by atoms with E-state index in [1.165, 1.54) is 0 Å². The molecule has 6 nitrogen and oxygen atoms in total. The number of aromatic nitrogens is 4. The van der Waals surface area contributed by atoms with Crippen LogP contribution in [0.25, 0.3) is 33.3 Å². The van der Waals surface area contributed by atoms with Gasteiger partial charge in [0.15, 0.2) is 0 Å². The van der Waals surface area contributed by atoms with E-state index >= 15 is 0 Å². The summed E-state index contributed by atoms with van der Waals surface area (Å²) in [5.74, 6) is 2.59. The monoisotopic (exact) mass is 452 g/mol. The van der Waals surface area contributed by atoms with E-state index in [9.17, 15) is 0 Å². The molecule has 4 N–H and O–H groups in total. The second-order valence-electron chi connectivity index (χ2n) is 9.28. The van der Waals surface area contributed by atoms with Crippen LogP contribution in [0.4, 0.5) is 5.82 Å². The Morgan fingerprint density at radius 1 is 1.12 bits per heavy atom. The van der Waals surface area contributed by atoms with Crippen molar-refractivity contribution in [3.63, 3.8) is 0 Å². The second kappa shape index (κ2) is 9.39. The SMILES string of the molecule is C/C=C\C=C(/C)c1ccc2ccc(-c3nc([C@H]4CC[C@H](CN)CC4)n4ccnc(N)c34)cc2n1. The number of nitrogens with two attached hydrogens (primary N) is 2. The zero-order valence-electron chi connectivity index (χ0n) is 19.9. The number of hydrogen-bond acceptors (Lipinski definition) is 5. The molecule has 5 rings (SSSR count). The van der Waals surface area contributed by atoms with Gasteiger partial charge in [0.1, 0.15) is 22.9 Å². The van der Waals surface area contributed by atoms with E-state index in [2.05, 4.69) is 52.7 Å². The number of anilines is 1. The maximum absolute atomic E-state index is 6.39. The number of benzene rings is 1. The average Bonchev–Trinajstić information content (AvgIpc) is 3.27. The molecule has 0 unspecified atom stereocenters. The molecule has 3 aromatic heterocycles. The third-order valence-electron chi connectivity index (χ3n) is 7.06. The minimum Gasteiger partial charge on any atom is -0.382 e. The van der Waals surface area contributed by atoms with Crippen molar-refractivity contribution in [2.45, 2.75) is 45.4 Å². The summed E-state index contributed by atoms with van der Waals surface area (Å²) in [6.45, 7) is 4.86. The summed E-state index contributed by atoms with van der Waals surface area (Å²) in [6, 6.07) is 10.5. The number of imidazole rings is 1. The largest absolute Gasteiger partial charge is 0.382 e. The molecule has 6 heteroatoms. The normalized spacial score (nSPS) is 19.4. The number of nitrogens with zero attached hydrogens (tertiary/aromatic N) is 4. The fraction of sp³-hybridized carbons (Fsp3) is 0.321. The molecule has 0 saturated heterocycles. The van der Waals surface area contributed by atoms with Crippen LogP contribution in [-0.4, -0.2) is 25.9 Å². The molecule has 0 radical (unpaired) electrons. The van der Waals surface area contributed by atoms with Gasteiger partial charge in [-0.05, 0) is 69.7 Å². The Bertz CT molecular complexity index is 1390. The van der Waals surface area contributed by atoms with Gasteiger partial charge < -0.3 is 11.5 Å². The molecule has 1 aliphatic carbocycles. The van der Waals surface area contributed by atoms with E-state index in [1.807, 2.05) is 25.3 Å². The first-order valence-corrected chi connectivity index (χ1v) is 12.1. The van der Waals surface area contributed by atoms with Crippen molar-refractivity contribution in [3.8, 4) is 11.3 Å². The zero-order chi connectivity index (χ0) is 23.7. The van der Waals surface area contributed by atoms with Crippen LogP contribution in [0.5, 0.6) is 0 Å². The van der Waals surface area contributed by atoms with Crippen LogP contribution < -0.4 is 11.5 Å². The summed E-state index contributed by atoms with van der Waals surface area (Å²) >= 11 is 0. The summed E-state index contributed by atoms with van der Waals surface area (Å²) in [7, 11) is 0. The molecular weight excluding hydrogens is 420 g/mol. The Kier molecular flexibility index (Phi) is 6.16. The van der Waals surface area contributed by atoms with Crippen LogP contribution in [0.15, 0.2) is 61.0 Å². The molecule has 1 saturated carbocycles. The summed E-state index contributed by atoms with van der Waals surface area (Å²) in [4.78, 5) is 14.5. The second-order valence-corrected chi connectivity index (χ2v) is 9.28. The fourth-order valence-electron chi connectivity index (χ4n) is 5.04. The Morgan fingerprint density at radius 3 is 2.68 bits per heavy atom. The fourth-order valence-corrected chi connectivity index (χ4v) is 5.04. The number of fused-ring (bicyclic) bond motifs is 2. The number of nitrogen functional groups attached to an aromatic ring is 1. The van der Waals surface area contributed by atoms with Gasteiger partial charge >= 0.3 is 0 Å². The molecule has 174 valence electrons. The van der Waals surface area contributed by atoms with Gasteiger partial charge in [0.2, 0.25) is 0 Å². The van der Waals surface area contributed by atoms with Gasteiger partial charge in [0.25, 0.3) is 0 Å². The van der Waals surface area contributed by atoms with Gasteiger partial charge in [0.05, 0.1) is 11.2 Å². The quantitative estimate of drug-likeness (QED) is 0.377. The lowest BCUT2D eigenvalue weighted by molar-refractivity contribution is 0.325. The smallest absolute Gasteiger partial charge is 0.150 e. The molecule has 4 aromatic rings. The van der Waals surface area contributed by atoms with E-state index in [1.54, 1.807) is 6.20 Å². The Morgan fingerprint density at radius 2 is 1.91 bits per heavy atom. The Balaban J connectivity index is 1.60. The van der Waals surface area contributed by atoms with Gasteiger partial charge in [-0.25, -0.2) is 15.0 Å². The van der Waals surface area contributed by atoms with Crippen molar-refractivity contribution >= 4 is 27.8 Å². The van der Waals surface area contributed by atoms with Crippen LogP contribution in [0.1, 0.15) is 57.0 Å². The predicted molar refractivity (Wildman–Crippen MR) is 140 cm³/mol. The van der Waals surface area contributed by atoms with Gasteiger partial charge in [0, 0.05) is 29.3 Å². The van der Waals surface area contributed by atoms with Crippen LogP contribution in [0, 0.1) is 5.92 Å². The molecule has 0 atom stereocenters. The molecule has 1 fully saturated rings. The first-order valence-electron chi connectivity index (χ1n) is 12.1. The lowest BCUT2D eigenvalue weighted by Gasteiger charge is -2.26. The van der Waals surface area contributed by atoms with Crippen molar-refractivity contribution in [2.75, 3.05) is 12.3 Å². The van der Waals surface area contributed by atoms with Crippen LogP contribution in [0.3, 0.4) is 0 Å². The molecule has 1 aromatic carbocycles. The maximum atomic E-state index is 6.39. The van der Waals surface area contributed by atoms with Crippen molar-refractivity contribution in [3.05, 3.63) is 72.5 Å². The van der Waals surface area contributed by atoms with Gasteiger partial charge in [-0.2, -0.15) is 0 Å². The molecule has 1 aliphatic rings. The summed E-state index contributed by atoms with van der Waals surface area (Å²) in [5.41, 5.74) is 18.1. The van der Waals surface area contributed by atoms with Crippen LogP contribution >= 0.6 is 0 Å². The highest BCUT2D eigenvalue weighted by atomic mass is 15.1. The third-order valence-corrected chi connectivity index (χ3v) is 7.06. The summed E-state index contributed by atoms with van der Waals surface area (Å²) < 4.78 is 2.14. The molecule has 34 heavy (non-hydrogen) atoms. The van der Waals surface area contributed by atoms with E-state index in [0.29, 0.717) is 17.7 Å². The highest BCUT2D eigenvalue weighted by molar-refractivity contribution is 5.91. The Hall–Kier alpha value is -3.51. The van der Waals surface area contributed by atoms with Crippen molar-refractivity contribution in [1.29, 1.82) is 0 Å². The highest BCUT2D eigenvalue weighted by Gasteiger charge is 2.27. The molecular formula is C28H32N6. The third kappa shape index (κ3) is 4.10. The van der Waals surface area contributed by atoms with Gasteiger partial charge in [-0.3, -0.25) is 4.40 Å². The average molecular weight is 453 g/mol. The lowest BCUT2D eigenvalue weighted by Crippen LogP contribution is -2.21. The number of rotatable bonds is 5. The van der Waals surface area contributed by atoms with E-state index in [4.69, 9.17) is 21.4 Å². The molecule has 3 heterocycles. The maximum Gasteiger partial charge on any atom is 0.150 e. The Labute approximate surface area is 200 Å². The topological polar surface area (TPSA) is 95.1 Å². The minimum absolute atomic E-state index is 0.399. The number of pyridine rings is 1. The van der Waals surface area contributed by atoms with Crippen LogP contribution in [0.2, 0.25) is 0 Å². The summed E-state index contributed by atoms with van der Waals surface area (Å²) in [5, 5.41) is 1.10. The number of hydrogen-bond donors (Lipinski definition) is 2. The van der Waals surface area contributed by atoms with Gasteiger partial charge in [-0.15, -0.1) is 0 Å². The standard InChI is InChI=1S/C28H32N6/c1-3-4-5-18(2)23-13-12-20-10-11-22(16-24(20)32-23)25-26-27(30)31-14-15-34(26)28(33-25)21-8-6-19(17-29)7-9-21/h3-5,10-16,19,21H,6-9,17,29H2,1-2H3,(H2,30,31)/b4-3-,18-5+/t19-,21-. The van der Waals surface area contributed by atoms with E-state index < -0.39 is 0 Å². The predicted octanol–water partition coefficient (Wildman–Crippen LogP) is 5.74. The minimum atomic E-state index is 0.399. The lowest BCUT2D eigenvalue weighted by atomic mass is 9.81.